The number of ether oxygens (including phenoxy) is 1. The quantitative estimate of drug-likeness (QED) is 0.911. The SMILES string of the molecule is COc1cccc2c1c(S(N)(=O)=O)cn2CCSC. The molecule has 0 saturated carbocycles. The average Bonchev–Trinajstić information content (AvgIpc) is 2.75. The van der Waals surface area contributed by atoms with E-state index in [0.717, 1.165) is 17.8 Å². The van der Waals surface area contributed by atoms with Gasteiger partial charge in [-0.1, -0.05) is 6.07 Å². The maximum absolute atomic E-state index is 11.7. The van der Waals surface area contributed by atoms with Crippen LogP contribution in [-0.2, 0) is 16.6 Å². The summed E-state index contributed by atoms with van der Waals surface area (Å²) >= 11 is 1.70. The number of fused-ring (bicyclic) bond motifs is 1. The van der Waals surface area contributed by atoms with Gasteiger partial charge in [0.05, 0.1) is 18.0 Å². The molecule has 2 aromatic rings. The highest BCUT2D eigenvalue weighted by atomic mass is 32.2. The lowest BCUT2D eigenvalue weighted by Crippen LogP contribution is -2.11. The first-order valence-corrected chi connectivity index (χ1v) is 8.60. The van der Waals surface area contributed by atoms with Crippen LogP contribution in [0.25, 0.3) is 10.9 Å². The van der Waals surface area contributed by atoms with Gasteiger partial charge < -0.3 is 9.30 Å². The van der Waals surface area contributed by atoms with Gasteiger partial charge in [-0.15, -0.1) is 0 Å². The molecule has 19 heavy (non-hydrogen) atoms. The van der Waals surface area contributed by atoms with Crippen LogP contribution in [0.2, 0.25) is 0 Å². The molecule has 0 aliphatic rings. The standard InChI is InChI=1S/C12H16N2O3S2/c1-17-10-5-3-4-9-12(10)11(19(13,15)16)8-14(9)6-7-18-2/h3-5,8H,6-7H2,1-2H3,(H2,13,15,16). The fraction of sp³-hybridized carbons (Fsp3) is 0.333. The predicted octanol–water partition coefficient (Wildman–Crippen LogP) is 1.66. The third kappa shape index (κ3) is 2.72. The van der Waals surface area contributed by atoms with Gasteiger partial charge in [-0.2, -0.15) is 11.8 Å². The van der Waals surface area contributed by atoms with Gasteiger partial charge in [0.15, 0.2) is 0 Å². The van der Waals surface area contributed by atoms with Crippen molar-refractivity contribution in [1.29, 1.82) is 0 Å². The van der Waals surface area contributed by atoms with Gasteiger partial charge in [-0.05, 0) is 18.4 Å². The van der Waals surface area contributed by atoms with Crippen molar-refractivity contribution in [1.82, 2.24) is 4.57 Å². The van der Waals surface area contributed by atoms with Crippen LogP contribution >= 0.6 is 11.8 Å². The average molecular weight is 300 g/mol. The molecule has 1 aromatic heterocycles. The van der Waals surface area contributed by atoms with Crippen molar-refractivity contribution in [2.24, 2.45) is 5.14 Å². The summed E-state index contributed by atoms with van der Waals surface area (Å²) in [6.45, 7) is 0.723. The minimum atomic E-state index is -3.77. The molecule has 0 aliphatic heterocycles. The third-order valence-corrected chi connectivity index (χ3v) is 4.41. The summed E-state index contributed by atoms with van der Waals surface area (Å²) in [7, 11) is -2.26. The maximum atomic E-state index is 11.7. The zero-order chi connectivity index (χ0) is 14.0. The van der Waals surface area contributed by atoms with E-state index in [-0.39, 0.29) is 4.90 Å². The number of methoxy groups -OCH3 is 1. The van der Waals surface area contributed by atoms with E-state index in [1.165, 1.54) is 7.11 Å². The second kappa shape index (κ2) is 5.44. The van der Waals surface area contributed by atoms with Crippen LogP contribution in [0.3, 0.4) is 0 Å². The molecule has 1 aromatic carbocycles. The van der Waals surface area contributed by atoms with Crippen LogP contribution in [0.1, 0.15) is 0 Å². The number of primary sulfonamides is 1. The van der Waals surface area contributed by atoms with Gasteiger partial charge in [0, 0.05) is 18.5 Å². The molecule has 7 heteroatoms. The molecular formula is C12H16N2O3S2. The zero-order valence-corrected chi connectivity index (χ0v) is 12.4. The Morgan fingerprint density at radius 2 is 2.16 bits per heavy atom. The molecule has 2 N–H and O–H groups in total. The fourth-order valence-electron chi connectivity index (χ4n) is 2.04. The summed E-state index contributed by atoms with van der Waals surface area (Å²) < 4.78 is 30.6. The second-order valence-corrected chi connectivity index (χ2v) is 6.59. The topological polar surface area (TPSA) is 74.3 Å². The lowest BCUT2D eigenvalue weighted by molar-refractivity contribution is 0.419. The number of hydrogen-bond donors (Lipinski definition) is 1. The van der Waals surface area contributed by atoms with E-state index in [9.17, 15) is 8.42 Å². The molecule has 0 atom stereocenters. The smallest absolute Gasteiger partial charge is 0.240 e. The highest BCUT2D eigenvalue weighted by Gasteiger charge is 2.20. The van der Waals surface area contributed by atoms with Gasteiger partial charge in [-0.3, -0.25) is 0 Å². The van der Waals surface area contributed by atoms with Crippen LogP contribution in [-0.4, -0.2) is 32.1 Å². The summed E-state index contributed by atoms with van der Waals surface area (Å²) in [5.74, 6) is 1.41. The Labute approximate surface area is 116 Å². The van der Waals surface area contributed by atoms with Crippen molar-refractivity contribution in [2.75, 3.05) is 19.1 Å². The molecule has 1 heterocycles. The van der Waals surface area contributed by atoms with Crippen molar-refractivity contribution < 1.29 is 13.2 Å². The van der Waals surface area contributed by atoms with Crippen LogP contribution in [0.5, 0.6) is 5.75 Å². The van der Waals surface area contributed by atoms with Crippen molar-refractivity contribution in [2.45, 2.75) is 11.4 Å². The Bertz CT molecular complexity index is 692. The normalized spacial score (nSPS) is 11.9. The van der Waals surface area contributed by atoms with Crippen molar-refractivity contribution in [3.63, 3.8) is 0 Å². The first-order valence-electron chi connectivity index (χ1n) is 5.66. The van der Waals surface area contributed by atoms with Crippen LogP contribution in [0, 0.1) is 0 Å². The highest BCUT2D eigenvalue weighted by molar-refractivity contribution is 7.98. The first-order chi connectivity index (χ1) is 8.99. The van der Waals surface area contributed by atoms with Crippen LogP contribution in [0.4, 0.5) is 0 Å². The van der Waals surface area contributed by atoms with Gasteiger partial charge in [0.1, 0.15) is 10.6 Å². The number of rotatable bonds is 5. The van der Waals surface area contributed by atoms with Crippen LogP contribution < -0.4 is 9.88 Å². The van der Waals surface area contributed by atoms with Crippen LogP contribution in [0.15, 0.2) is 29.3 Å². The third-order valence-electron chi connectivity index (χ3n) is 2.90. The fourth-order valence-corrected chi connectivity index (χ4v) is 3.19. The zero-order valence-electron chi connectivity index (χ0n) is 10.8. The summed E-state index contributed by atoms with van der Waals surface area (Å²) in [5, 5.41) is 5.84. The largest absolute Gasteiger partial charge is 0.496 e. The monoisotopic (exact) mass is 300 g/mol. The molecule has 104 valence electrons. The number of hydrogen-bond acceptors (Lipinski definition) is 4. The maximum Gasteiger partial charge on any atom is 0.240 e. The molecule has 0 aliphatic carbocycles. The Morgan fingerprint density at radius 3 is 2.74 bits per heavy atom. The highest BCUT2D eigenvalue weighted by Crippen LogP contribution is 2.32. The van der Waals surface area contributed by atoms with E-state index in [1.807, 2.05) is 23.0 Å². The van der Waals surface area contributed by atoms with E-state index in [1.54, 1.807) is 24.0 Å². The lowest BCUT2D eigenvalue weighted by atomic mass is 10.2. The van der Waals surface area contributed by atoms with Crippen molar-refractivity contribution in [3.05, 3.63) is 24.4 Å². The molecule has 0 fully saturated rings. The Balaban J connectivity index is 2.74. The Morgan fingerprint density at radius 1 is 1.42 bits per heavy atom. The number of nitrogens with two attached hydrogens (primary N) is 1. The molecule has 0 unspecified atom stereocenters. The number of thioether (sulfide) groups is 1. The van der Waals surface area contributed by atoms with E-state index in [4.69, 9.17) is 9.88 Å². The first kappa shape index (κ1) is 14.2. The molecule has 5 nitrogen and oxygen atoms in total. The number of benzene rings is 1. The van der Waals surface area contributed by atoms with E-state index in [0.29, 0.717) is 11.1 Å². The van der Waals surface area contributed by atoms with E-state index < -0.39 is 10.0 Å². The summed E-state index contributed by atoms with van der Waals surface area (Å²) in [5.41, 5.74) is 0.817. The molecule has 0 radical (unpaired) electrons. The number of nitrogens with zero attached hydrogens (tertiary/aromatic N) is 1. The number of aromatic nitrogens is 1. The molecule has 0 amide bonds. The van der Waals surface area contributed by atoms with E-state index in [2.05, 4.69) is 0 Å². The van der Waals surface area contributed by atoms with Gasteiger partial charge in [-0.25, -0.2) is 13.6 Å². The lowest BCUT2D eigenvalue weighted by Gasteiger charge is -2.05. The number of sulfonamides is 1. The molecule has 0 saturated heterocycles. The summed E-state index contributed by atoms with van der Waals surface area (Å²) in [4.78, 5) is 0.112. The minimum Gasteiger partial charge on any atom is -0.496 e. The summed E-state index contributed by atoms with van der Waals surface area (Å²) in [6, 6.07) is 5.44. The van der Waals surface area contributed by atoms with Gasteiger partial charge in [0.2, 0.25) is 10.0 Å². The van der Waals surface area contributed by atoms with Crippen molar-refractivity contribution >= 4 is 32.7 Å². The second-order valence-electron chi connectivity index (χ2n) is 4.08. The molecule has 0 spiro atoms. The Hall–Kier alpha value is -1.18. The molecule has 2 rings (SSSR count). The number of aryl methyl sites for hydroxylation is 1. The van der Waals surface area contributed by atoms with E-state index >= 15 is 0 Å². The Kier molecular flexibility index (Phi) is 4.07. The minimum absolute atomic E-state index is 0.112. The predicted molar refractivity (Wildman–Crippen MR) is 78.2 cm³/mol. The van der Waals surface area contributed by atoms with Gasteiger partial charge >= 0.3 is 0 Å². The molecular weight excluding hydrogens is 284 g/mol. The van der Waals surface area contributed by atoms with Gasteiger partial charge in [0.25, 0.3) is 0 Å². The van der Waals surface area contributed by atoms with Crippen molar-refractivity contribution in [3.8, 4) is 5.75 Å². The molecule has 0 bridgehead atoms. The summed E-state index contributed by atoms with van der Waals surface area (Å²) in [6.07, 6.45) is 3.59.